The Labute approximate surface area is 85.7 Å². The third kappa shape index (κ3) is 1.31. The molecule has 0 amide bonds. The topological polar surface area (TPSA) is 3.24 Å². The molecular weight excluding hydrogens is 170 g/mol. The van der Waals surface area contributed by atoms with Gasteiger partial charge in [-0.25, -0.2) is 0 Å². The highest BCUT2D eigenvalue weighted by molar-refractivity contribution is 5.48. The van der Waals surface area contributed by atoms with E-state index in [-0.39, 0.29) is 0 Å². The lowest BCUT2D eigenvalue weighted by molar-refractivity contribution is 0.159. The Morgan fingerprint density at radius 3 is 2.14 bits per heavy atom. The minimum absolute atomic E-state index is 0.995. The highest BCUT2D eigenvalue weighted by Crippen LogP contribution is 2.40. The number of piperidine rings is 2. The Morgan fingerprint density at radius 1 is 1.00 bits per heavy atom. The van der Waals surface area contributed by atoms with Crippen molar-refractivity contribution in [1.29, 1.82) is 0 Å². The monoisotopic (exact) mass is 187 g/mol. The summed E-state index contributed by atoms with van der Waals surface area (Å²) in [5.74, 6) is 1.99. The van der Waals surface area contributed by atoms with Crippen molar-refractivity contribution in [1.82, 2.24) is 0 Å². The lowest BCUT2D eigenvalue weighted by Gasteiger charge is -2.48. The predicted octanol–water partition coefficient (Wildman–Crippen LogP) is 2.84. The van der Waals surface area contributed by atoms with Crippen molar-refractivity contribution >= 4 is 5.69 Å². The minimum atomic E-state index is 0.995. The van der Waals surface area contributed by atoms with Crippen molar-refractivity contribution in [2.75, 3.05) is 18.0 Å². The van der Waals surface area contributed by atoms with Gasteiger partial charge >= 0.3 is 0 Å². The van der Waals surface area contributed by atoms with Gasteiger partial charge in [0.1, 0.15) is 0 Å². The maximum atomic E-state index is 2.56. The Kier molecular flexibility index (Phi) is 1.79. The molecule has 0 spiro atoms. The molecule has 1 aromatic carbocycles. The highest BCUT2D eigenvalue weighted by atomic mass is 15.2. The molecule has 0 atom stereocenters. The fraction of sp³-hybridized carbons (Fsp3) is 0.538. The van der Waals surface area contributed by atoms with Crippen LogP contribution in [0.4, 0.5) is 5.69 Å². The van der Waals surface area contributed by atoms with E-state index < -0.39 is 0 Å². The summed E-state index contributed by atoms with van der Waals surface area (Å²) in [5, 5.41) is 0. The van der Waals surface area contributed by atoms with Crippen molar-refractivity contribution in [3.63, 3.8) is 0 Å². The molecule has 0 unspecified atom stereocenters. The second-order valence-electron chi connectivity index (χ2n) is 4.94. The maximum absolute atomic E-state index is 2.56. The first kappa shape index (κ1) is 8.34. The molecule has 2 bridgehead atoms. The van der Waals surface area contributed by atoms with Gasteiger partial charge in [-0.3, -0.25) is 0 Å². The van der Waals surface area contributed by atoms with Crippen molar-refractivity contribution in [2.24, 2.45) is 11.8 Å². The van der Waals surface area contributed by atoms with E-state index in [1.54, 1.807) is 0 Å². The van der Waals surface area contributed by atoms with E-state index in [1.807, 2.05) is 0 Å². The van der Waals surface area contributed by atoms with E-state index >= 15 is 0 Å². The zero-order chi connectivity index (χ0) is 9.54. The lowest BCUT2D eigenvalue weighted by Crippen LogP contribution is -2.48. The molecular formula is C13H17N. The fourth-order valence-corrected chi connectivity index (χ4v) is 2.84. The van der Waals surface area contributed by atoms with E-state index in [1.165, 1.54) is 37.2 Å². The first-order valence-corrected chi connectivity index (χ1v) is 5.63. The molecule has 2 aliphatic heterocycles. The van der Waals surface area contributed by atoms with Crippen LogP contribution in [-0.4, -0.2) is 13.1 Å². The smallest absolute Gasteiger partial charge is 0.0366 e. The standard InChI is InChI=1S/C13H17N/c1-10-2-4-13(5-3-10)14-8-11-6-12(7-11)9-14/h2-5,11-12H,6-9H2,1H3. The molecule has 3 fully saturated rings. The second kappa shape index (κ2) is 3.01. The molecule has 1 aromatic rings. The summed E-state index contributed by atoms with van der Waals surface area (Å²) in [6.45, 7) is 4.73. The third-order valence-electron chi connectivity index (χ3n) is 3.69. The average molecular weight is 187 g/mol. The molecule has 3 aliphatic rings. The summed E-state index contributed by atoms with van der Waals surface area (Å²) < 4.78 is 0. The van der Waals surface area contributed by atoms with Crippen LogP contribution in [0, 0.1) is 18.8 Å². The van der Waals surface area contributed by atoms with E-state index in [2.05, 4.69) is 36.1 Å². The number of anilines is 1. The molecule has 2 saturated heterocycles. The van der Waals surface area contributed by atoms with E-state index in [4.69, 9.17) is 0 Å². The summed E-state index contributed by atoms with van der Waals surface area (Å²) in [6, 6.07) is 8.96. The summed E-state index contributed by atoms with van der Waals surface area (Å²) in [5.41, 5.74) is 2.78. The number of hydrogen-bond donors (Lipinski definition) is 0. The molecule has 1 aliphatic carbocycles. The molecule has 0 aromatic heterocycles. The molecule has 1 heteroatoms. The SMILES string of the molecule is Cc1ccc(N2CC3CC(C3)C2)cc1. The first-order chi connectivity index (χ1) is 6.81. The zero-order valence-corrected chi connectivity index (χ0v) is 8.74. The van der Waals surface area contributed by atoms with Gasteiger partial charge in [0.15, 0.2) is 0 Å². The summed E-state index contributed by atoms with van der Waals surface area (Å²) in [7, 11) is 0. The lowest BCUT2D eigenvalue weighted by atomic mass is 9.71. The normalized spacial score (nSPS) is 29.9. The Bertz CT molecular complexity index is 312. The van der Waals surface area contributed by atoms with Crippen LogP contribution in [0.15, 0.2) is 24.3 Å². The summed E-state index contributed by atoms with van der Waals surface area (Å²) in [4.78, 5) is 2.56. The Balaban J connectivity index is 1.79. The van der Waals surface area contributed by atoms with Crippen molar-refractivity contribution in [3.8, 4) is 0 Å². The van der Waals surface area contributed by atoms with E-state index in [9.17, 15) is 0 Å². The number of aryl methyl sites for hydroxylation is 1. The van der Waals surface area contributed by atoms with Gasteiger partial charge in [0.25, 0.3) is 0 Å². The molecule has 2 heterocycles. The van der Waals surface area contributed by atoms with Gasteiger partial charge in [0.2, 0.25) is 0 Å². The molecule has 0 radical (unpaired) electrons. The minimum Gasteiger partial charge on any atom is -0.371 e. The zero-order valence-electron chi connectivity index (χ0n) is 8.74. The van der Waals surface area contributed by atoms with E-state index in [0.717, 1.165) is 11.8 Å². The van der Waals surface area contributed by atoms with Crippen LogP contribution in [0.5, 0.6) is 0 Å². The van der Waals surface area contributed by atoms with Gasteiger partial charge < -0.3 is 4.90 Å². The van der Waals surface area contributed by atoms with Crippen LogP contribution in [0.3, 0.4) is 0 Å². The Morgan fingerprint density at radius 2 is 1.57 bits per heavy atom. The second-order valence-corrected chi connectivity index (χ2v) is 4.94. The number of nitrogens with zero attached hydrogens (tertiary/aromatic N) is 1. The fourth-order valence-electron chi connectivity index (χ4n) is 2.84. The molecule has 0 N–H and O–H groups in total. The largest absolute Gasteiger partial charge is 0.371 e. The van der Waals surface area contributed by atoms with Gasteiger partial charge in [-0.1, -0.05) is 17.7 Å². The number of rotatable bonds is 1. The van der Waals surface area contributed by atoms with Gasteiger partial charge in [-0.05, 0) is 43.7 Å². The van der Waals surface area contributed by atoms with Crippen molar-refractivity contribution in [3.05, 3.63) is 29.8 Å². The molecule has 4 rings (SSSR count). The Hall–Kier alpha value is -0.980. The van der Waals surface area contributed by atoms with Crippen LogP contribution in [-0.2, 0) is 0 Å². The molecule has 74 valence electrons. The van der Waals surface area contributed by atoms with Crippen molar-refractivity contribution in [2.45, 2.75) is 19.8 Å². The third-order valence-corrected chi connectivity index (χ3v) is 3.69. The van der Waals surface area contributed by atoms with Crippen LogP contribution >= 0.6 is 0 Å². The van der Waals surface area contributed by atoms with Gasteiger partial charge in [0, 0.05) is 18.8 Å². The average Bonchev–Trinajstić information content (AvgIpc) is 2.18. The van der Waals surface area contributed by atoms with Crippen molar-refractivity contribution < 1.29 is 0 Å². The van der Waals surface area contributed by atoms with Crippen LogP contribution < -0.4 is 4.90 Å². The predicted molar refractivity (Wildman–Crippen MR) is 59.6 cm³/mol. The van der Waals surface area contributed by atoms with Crippen LogP contribution in [0.2, 0.25) is 0 Å². The van der Waals surface area contributed by atoms with Gasteiger partial charge in [-0.15, -0.1) is 0 Å². The van der Waals surface area contributed by atoms with E-state index in [0.29, 0.717) is 0 Å². The van der Waals surface area contributed by atoms with Gasteiger partial charge in [0.05, 0.1) is 0 Å². The summed E-state index contributed by atoms with van der Waals surface area (Å²) in [6.07, 6.45) is 2.98. The number of fused-ring (bicyclic) bond motifs is 2. The summed E-state index contributed by atoms with van der Waals surface area (Å²) >= 11 is 0. The first-order valence-electron chi connectivity index (χ1n) is 5.63. The number of hydrogen-bond acceptors (Lipinski definition) is 1. The maximum Gasteiger partial charge on any atom is 0.0366 e. The van der Waals surface area contributed by atoms with Gasteiger partial charge in [-0.2, -0.15) is 0 Å². The van der Waals surface area contributed by atoms with Crippen LogP contribution in [0.1, 0.15) is 18.4 Å². The number of benzene rings is 1. The molecule has 14 heavy (non-hydrogen) atoms. The quantitative estimate of drug-likeness (QED) is 0.653. The highest BCUT2D eigenvalue weighted by Gasteiger charge is 2.36. The molecule has 1 saturated carbocycles. The molecule has 1 nitrogen and oxygen atoms in total. The van der Waals surface area contributed by atoms with Crippen LogP contribution in [0.25, 0.3) is 0 Å².